The fraction of sp³-hybridized carbons (Fsp3) is 0.222. The highest BCUT2D eigenvalue weighted by molar-refractivity contribution is 5.46. The second-order valence-electron chi connectivity index (χ2n) is 2.17. The third-order valence-electron chi connectivity index (χ3n) is 1.36. The minimum Gasteiger partial charge on any atom is -0.504 e. The van der Waals surface area contributed by atoms with Crippen LogP contribution in [0.2, 0.25) is 0 Å². The van der Waals surface area contributed by atoms with Gasteiger partial charge in [-0.1, -0.05) is 0 Å². The van der Waals surface area contributed by atoms with Crippen molar-refractivity contribution in [1.82, 2.24) is 4.98 Å². The van der Waals surface area contributed by atoms with Crippen LogP contribution in [0.3, 0.4) is 0 Å². The summed E-state index contributed by atoms with van der Waals surface area (Å²) in [5.41, 5.74) is 0.984. The topological polar surface area (TPSA) is 31.4 Å². The molecule has 3 heteroatoms. The Morgan fingerprint density at radius 3 is 2.67 bits per heavy atom. The Morgan fingerprint density at radius 1 is 1.33 bits per heavy atom. The average molecular weight is 165 g/mol. The van der Waals surface area contributed by atoms with Gasteiger partial charge in [-0.3, -0.25) is 0 Å². The van der Waals surface area contributed by atoms with E-state index in [1.54, 1.807) is 32.7 Å². The van der Waals surface area contributed by atoms with Crippen molar-refractivity contribution in [1.29, 1.82) is 0 Å². The molecule has 0 N–H and O–H groups in total. The predicted octanol–water partition coefficient (Wildman–Crippen LogP) is 1.71. The van der Waals surface area contributed by atoms with Gasteiger partial charge in [-0.2, -0.15) is 0 Å². The van der Waals surface area contributed by atoms with Gasteiger partial charge in [-0.25, -0.2) is 4.98 Å². The number of ether oxygens (including phenoxy) is 2. The highest BCUT2D eigenvalue weighted by Gasteiger charge is 1.90. The Hall–Kier alpha value is -1.51. The van der Waals surface area contributed by atoms with Crippen molar-refractivity contribution in [3.05, 3.63) is 30.2 Å². The highest BCUT2D eigenvalue weighted by atomic mass is 16.5. The van der Waals surface area contributed by atoms with E-state index in [1.165, 1.54) is 0 Å². The van der Waals surface area contributed by atoms with Gasteiger partial charge in [-0.05, 0) is 17.7 Å². The van der Waals surface area contributed by atoms with Crippen molar-refractivity contribution < 1.29 is 9.47 Å². The van der Waals surface area contributed by atoms with Gasteiger partial charge in [0.1, 0.15) is 0 Å². The Kier molecular flexibility index (Phi) is 3.14. The van der Waals surface area contributed by atoms with E-state index in [1.807, 2.05) is 12.1 Å². The number of rotatable bonds is 3. The lowest BCUT2D eigenvalue weighted by atomic mass is 10.3. The summed E-state index contributed by atoms with van der Waals surface area (Å²) in [7, 11) is 3.19. The number of pyridine rings is 1. The molecule has 0 atom stereocenters. The smallest absolute Gasteiger partial charge is 0.212 e. The summed E-state index contributed by atoms with van der Waals surface area (Å²) in [6.45, 7) is 0. The zero-order chi connectivity index (χ0) is 8.81. The van der Waals surface area contributed by atoms with Crippen LogP contribution < -0.4 is 4.74 Å². The van der Waals surface area contributed by atoms with Gasteiger partial charge in [-0.15, -0.1) is 0 Å². The third kappa shape index (κ3) is 2.27. The molecule has 3 nitrogen and oxygen atoms in total. The number of hydrogen-bond donors (Lipinski definition) is 0. The van der Waals surface area contributed by atoms with E-state index >= 15 is 0 Å². The molecule has 1 rings (SSSR count). The standard InChI is InChI=1S/C9H11NO2/c1-11-6-5-8-3-4-9(12-2)10-7-8/h3-7H,1-2H3. The second kappa shape index (κ2) is 4.38. The molecular weight excluding hydrogens is 154 g/mol. The number of aromatic nitrogens is 1. The van der Waals surface area contributed by atoms with Gasteiger partial charge in [0.25, 0.3) is 0 Å². The Labute approximate surface area is 71.6 Å². The maximum absolute atomic E-state index is 4.91. The molecule has 0 aliphatic carbocycles. The predicted molar refractivity (Wildman–Crippen MR) is 46.8 cm³/mol. The Balaban J connectivity index is 2.71. The summed E-state index contributed by atoms with van der Waals surface area (Å²) in [6, 6.07) is 3.71. The summed E-state index contributed by atoms with van der Waals surface area (Å²) in [6.07, 6.45) is 5.14. The van der Waals surface area contributed by atoms with Gasteiger partial charge in [0.05, 0.1) is 20.5 Å². The quantitative estimate of drug-likeness (QED) is 0.639. The normalized spacial score (nSPS) is 10.2. The molecule has 0 saturated carbocycles. The van der Waals surface area contributed by atoms with Crippen LogP contribution in [0.25, 0.3) is 6.08 Å². The molecule has 0 aliphatic heterocycles. The van der Waals surface area contributed by atoms with Crippen LogP contribution in [0.4, 0.5) is 0 Å². The van der Waals surface area contributed by atoms with Crippen LogP contribution in [-0.4, -0.2) is 19.2 Å². The lowest BCUT2D eigenvalue weighted by Gasteiger charge is -1.97. The van der Waals surface area contributed by atoms with Crippen LogP contribution in [-0.2, 0) is 4.74 Å². The van der Waals surface area contributed by atoms with E-state index in [-0.39, 0.29) is 0 Å². The number of nitrogens with zero attached hydrogens (tertiary/aromatic N) is 1. The van der Waals surface area contributed by atoms with E-state index in [4.69, 9.17) is 9.47 Å². The van der Waals surface area contributed by atoms with Gasteiger partial charge >= 0.3 is 0 Å². The lowest BCUT2D eigenvalue weighted by molar-refractivity contribution is 0.341. The summed E-state index contributed by atoms with van der Waals surface area (Å²) in [5.74, 6) is 0.615. The first-order chi connectivity index (χ1) is 5.86. The van der Waals surface area contributed by atoms with Crippen molar-refractivity contribution in [3.8, 4) is 5.88 Å². The summed E-state index contributed by atoms with van der Waals surface area (Å²) >= 11 is 0. The van der Waals surface area contributed by atoms with E-state index in [2.05, 4.69) is 4.98 Å². The zero-order valence-electron chi connectivity index (χ0n) is 7.15. The molecule has 1 aromatic rings. The molecule has 0 amide bonds. The number of methoxy groups -OCH3 is 2. The highest BCUT2D eigenvalue weighted by Crippen LogP contribution is 2.07. The molecule has 1 heterocycles. The molecule has 0 fully saturated rings. The molecule has 1 aromatic heterocycles. The van der Waals surface area contributed by atoms with Crippen LogP contribution in [0.5, 0.6) is 5.88 Å². The fourth-order valence-electron chi connectivity index (χ4n) is 0.758. The fourth-order valence-corrected chi connectivity index (χ4v) is 0.758. The van der Waals surface area contributed by atoms with Gasteiger partial charge in [0.15, 0.2) is 0 Å². The van der Waals surface area contributed by atoms with Crippen molar-refractivity contribution >= 4 is 6.08 Å². The Morgan fingerprint density at radius 2 is 2.17 bits per heavy atom. The largest absolute Gasteiger partial charge is 0.504 e. The minimum atomic E-state index is 0.615. The third-order valence-corrected chi connectivity index (χ3v) is 1.36. The molecule has 0 aliphatic rings. The van der Waals surface area contributed by atoms with Gasteiger partial charge in [0.2, 0.25) is 5.88 Å². The zero-order valence-corrected chi connectivity index (χ0v) is 7.15. The summed E-state index contributed by atoms with van der Waals surface area (Å²) < 4.78 is 9.67. The molecule has 0 unspecified atom stereocenters. The Bertz CT molecular complexity index is 254. The van der Waals surface area contributed by atoms with Crippen LogP contribution in [0.15, 0.2) is 24.6 Å². The summed E-state index contributed by atoms with van der Waals surface area (Å²) in [4.78, 5) is 4.02. The van der Waals surface area contributed by atoms with Gasteiger partial charge < -0.3 is 9.47 Å². The van der Waals surface area contributed by atoms with Crippen molar-refractivity contribution in [2.45, 2.75) is 0 Å². The molecule has 0 radical (unpaired) electrons. The van der Waals surface area contributed by atoms with E-state index < -0.39 is 0 Å². The van der Waals surface area contributed by atoms with Crippen molar-refractivity contribution in [2.75, 3.05) is 14.2 Å². The molecule has 0 spiro atoms. The molecule has 0 bridgehead atoms. The molecule has 12 heavy (non-hydrogen) atoms. The molecule has 0 aromatic carbocycles. The molecule has 0 saturated heterocycles. The van der Waals surface area contributed by atoms with Crippen molar-refractivity contribution in [2.24, 2.45) is 0 Å². The first-order valence-electron chi connectivity index (χ1n) is 3.56. The van der Waals surface area contributed by atoms with Crippen molar-refractivity contribution in [3.63, 3.8) is 0 Å². The van der Waals surface area contributed by atoms with Crippen LogP contribution in [0, 0.1) is 0 Å². The van der Waals surface area contributed by atoms with Crippen LogP contribution in [0.1, 0.15) is 5.56 Å². The minimum absolute atomic E-state index is 0.615. The maximum atomic E-state index is 4.91. The lowest BCUT2D eigenvalue weighted by Crippen LogP contribution is -1.86. The molecular formula is C9H11NO2. The summed E-state index contributed by atoms with van der Waals surface area (Å²) in [5, 5.41) is 0. The molecule has 64 valence electrons. The maximum Gasteiger partial charge on any atom is 0.212 e. The van der Waals surface area contributed by atoms with Gasteiger partial charge in [0, 0.05) is 12.3 Å². The first-order valence-corrected chi connectivity index (χ1v) is 3.56. The van der Waals surface area contributed by atoms with E-state index in [0.717, 1.165) is 5.56 Å². The second-order valence-corrected chi connectivity index (χ2v) is 2.17. The van der Waals surface area contributed by atoms with E-state index in [0.29, 0.717) is 5.88 Å². The average Bonchev–Trinajstić information content (AvgIpc) is 2.15. The van der Waals surface area contributed by atoms with Crippen LogP contribution >= 0.6 is 0 Å². The monoisotopic (exact) mass is 165 g/mol. The van der Waals surface area contributed by atoms with E-state index in [9.17, 15) is 0 Å². The number of hydrogen-bond acceptors (Lipinski definition) is 3. The SMILES string of the molecule is COC=Cc1ccc(OC)nc1. The first kappa shape index (κ1) is 8.59.